The summed E-state index contributed by atoms with van der Waals surface area (Å²) < 4.78 is 39.7. The maximum Gasteiger partial charge on any atom is 0.278 e. The Kier molecular flexibility index (Phi) is 2.49. The number of fused-ring (bicyclic) bond motifs is 1. The monoisotopic (exact) mass is 281 g/mol. The molecule has 0 bridgehead atoms. The first kappa shape index (κ1) is 12.2. The maximum absolute atomic E-state index is 13.7. The average Bonchev–Trinajstić information content (AvgIpc) is 2.80. The Bertz CT molecular complexity index is 886. The van der Waals surface area contributed by atoms with Crippen molar-refractivity contribution in [2.75, 3.05) is 5.73 Å². The highest BCUT2D eigenvalue weighted by molar-refractivity contribution is 5.75. The number of aromatic nitrogens is 4. The Morgan fingerprint density at radius 1 is 1.05 bits per heavy atom. The van der Waals surface area contributed by atoms with Crippen LogP contribution < -0.4 is 11.3 Å². The van der Waals surface area contributed by atoms with E-state index in [1.807, 2.05) is 0 Å². The Hall–Kier alpha value is -2.84. The lowest BCUT2D eigenvalue weighted by atomic mass is 10.2. The van der Waals surface area contributed by atoms with E-state index in [0.29, 0.717) is 0 Å². The minimum absolute atomic E-state index is 0.0432. The van der Waals surface area contributed by atoms with Crippen molar-refractivity contribution in [2.45, 2.75) is 0 Å². The molecule has 0 aliphatic rings. The smallest absolute Gasteiger partial charge is 0.278 e. The zero-order valence-electron chi connectivity index (χ0n) is 9.67. The number of aromatic amines is 2. The standard InChI is InChI=1S/C11H6F3N5O/c12-4-2-1-3(5(13)6(4)14)8-16-7-9(17-8)18-11(15)19-10(7)20/h1-2H,(H4,15,16,17,18,19,20). The number of nitrogens with two attached hydrogens (primary N) is 1. The molecule has 4 N–H and O–H groups in total. The molecule has 0 aliphatic carbocycles. The fourth-order valence-electron chi connectivity index (χ4n) is 1.76. The molecule has 2 heterocycles. The summed E-state index contributed by atoms with van der Waals surface area (Å²) in [5.74, 6) is -4.66. The van der Waals surface area contributed by atoms with E-state index >= 15 is 0 Å². The van der Waals surface area contributed by atoms with Crippen molar-refractivity contribution >= 4 is 17.1 Å². The van der Waals surface area contributed by atoms with Gasteiger partial charge in [-0.05, 0) is 12.1 Å². The lowest BCUT2D eigenvalue weighted by Gasteiger charge is -2.00. The molecule has 0 fully saturated rings. The summed E-state index contributed by atoms with van der Waals surface area (Å²) in [4.78, 5) is 23.9. The number of rotatable bonds is 1. The van der Waals surface area contributed by atoms with Gasteiger partial charge in [0.2, 0.25) is 5.95 Å². The predicted octanol–water partition coefficient (Wildman–Crippen LogP) is 1.31. The molecule has 20 heavy (non-hydrogen) atoms. The molecule has 0 unspecified atom stereocenters. The Morgan fingerprint density at radius 2 is 1.80 bits per heavy atom. The Morgan fingerprint density at radius 3 is 2.55 bits per heavy atom. The maximum atomic E-state index is 13.7. The molecule has 1 aromatic carbocycles. The normalized spacial score (nSPS) is 11.2. The molecule has 0 saturated heterocycles. The molecule has 0 atom stereocenters. The lowest BCUT2D eigenvalue weighted by Crippen LogP contribution is -2.10. The van der Waals surface area contributed by atoms with Crippen LogP contribution in [-0.4, -0.2) is 19.9 Å². The van der Waals surface area contributed by atoms with E-state index in [0.717, 1.165) is 12.1 Å². The molecule has 2 aromatic heterocycles. The first-order valence-electron chi connectivity index (χ1n) is 5.36. The van der Waals surface area contributed by atoms with Crippen LogP contribution in [0.2, 0.25) is 0 Å². The summed E-state index contributed by atoms with van der Waals surface area (Å²) in [7, 11) is 0. The number of nitrogens with one attached hydrogen (secondary N) is 2. The van der Waals surface area contributed by atoms with Gasteiger partial charge in [-0.3, -0.25) is 9.78 Å². The first-order valence-corrected chi connectivity index (χ1v) is 5.36. The Labute approximate surface area is 108 Å². The quantitative estimate of drug-likeness (QED) is 0.585. The number of hydrogen-bond acceptors (Lipinski definition) is 4. The molecular weight excluding hydrogens is 275 g/mol. The molecule has 0 aliphatic heterocycles. The number of nitrogen functional groups attached to an aromatic ring is 1. The number of H-pyrrole nitrogens is 2. The summed E-state index contributed by atoms with van der Waals surface area (Å²) in [6.45, 7) is 0. The van der Waals surface area contributed by atoms with Gasteiger partial charge in [-0.15, -0.1) is 0 Å². The summed E-state index contributed by atoms with van der Waals surface area (Å²) in [5, 5.41) is 0. The summed E-state index contributed by atoms with van der Waals surface area (Å²) >= 11 is 0. The first-order chi connectivity index (χ1) is 9.47. The van der Waals surface area contributed by atoms with Gasteiger partial charge in [0.25, 0.3) is 5.56 Å². The zero-order chi connectivity index (χ0) is 14.4. The fraction of sp³-hybridized carbons (Fsp3) is 0. The van der Waals surface area contributed by atoms with E-state index in [9.17, 15) is 18.0 Å². The minimum atomic E-state index is -1.62. The second kappa shape index (κ2) is 4.08. The molecule has 102 valence electrons. The average molecular weight is 281 g/mol. The highest BCUT2D eigenvalue weighted by Crippen LogP contribution is 2.24. The predicted molar refractivity (Wildman–Crippen MR) is 64.2 cm³/mol. The third-order valence-electron chi connectivity index (χ3n) is 2.67. The Balaban J connectivity index is 2.28. The van der Waals surface area contributed by atoms with Gasteiger partial charge in [0.1, 0.15) is 5.82 Å². The molecule has 0 spiro atoms. The van der Waals surface area contributed by atoms with Crippen molar-refractivity contribution in [3.05, 3.63) is 39.9 Å². The van der Waals surface area contributed by atoms with E-state index in [4.69, 9.17) is 5.73 Å². The number of imidazole rings is 1. The molecule has 0 saturated carbocycles. The van der Waals surface area contributed by atoms with Gasteiger partial charge >= 0.3 is 0 Å². The number of benzene rings is 1. The highest BCUT2D eigenvalue weighted by Gasteiger charge is 2.18. The van der Waals surface area contributed by atoms with Gasteiger partial charge in [0.15, 0.2) is 28.6 Å². The summed E-state index contributed by atoms with van der Waals surface area (Å²) in [6.07, 6.45) is 0. The summed E-state index contributed by atoms with van der Waals surface area (Å²) in [6, 6.07) is 1.76. The SMILES string of the molecule is Nc1nc2nc(-c3ccc(F)c(F)c3F)[nH]c2c(=O)[nH]1. The highest BCUT2D eigenvalue weighted by atomic mass is 19.2. The second-order valence-corrected chi connectivity index (χ2v) is 3.96. The van der Waals surface area contributed by atoms with Crippen molar-refractivity contribution in [1.29, 1.82) is 0 Å². The van der Waals surface area contributed by atoms with Gasteiger partial charge in [0.05, 0.1) is 5.56 Å². The van der Waals surface area contributed by atoms with E-state index in [1.54, 1.807) is 0 Å². The molecule has 3 rings (SSSR count). The van der Waals surface area contributed by atoms with Crippen molar-refractivity contribution in [3.8, 4) is 11.4 Å². The van der Waals surface area contributed by atoms with Crippen LogP contribution in [0, 0.1) is 17.5 Å². The van der Waals surface area contributed by atoms with Crippen LogP contribution in [-0.2, 0) is 0 Å². The van der Waals surface area contributed by atoms with Crippen LogP contribution in [0.5, 0.6) is 0 Å². The van der Waals surface area contributed by atoms with Crippen molar-refractivity contribution < 1.29 is 13.2 Å². The molecule has 0 radical (unpaired) electrons. The van der Waals surface area contributed by atoms with Crippen LogP contribution in [0.1, 0.15) is 0 Å². The van der Waals surface area contributed by atoms with Crippen molar-refractivity contribution in [1.82, 2.24) is 19.9 Å². The van der Waals surface area contributed by atoms with E-state index in [2.05, 4.69) is 19.9 Å². The van der Waals surface area contributed by atoms with Crippen molar-refractivity contribution in [2.24, 2.45) is 0 Å². The fourth-order valence-corrected chi connectivity index (χ4v) is 1.76. The third-order valence-corrected chi connectivity index (χ3v) is 2.67. The number of nitrogens with zero attached hydrogens (tertiary/aromatic N) is 2. The molecule has 0 amide bonds. The van der Waals surface area contributed by atoms with E-state index in [1.165, 1.54) is 0 Å². The van der Waals surface area contributed by atoms with Crippen molar-refractivity contribution in [3.63, 3.8) is 0 Å². The van der Waals surface area contributed by atoms with Crippen LogP contribution in [0.25, 0.3) is 22.6 Å². The van der Waals surface area contributed by atoms with Crippen LogP contribution >= 0.6 is 0 Å². The van der Waals surface area contributed by atoms with E-state index in [-0.39, 0.29) is 28.5 Å². The number of hydrogen-bond donors (Lipinski definition) is 3. The van der Waals surface area contributed by atoms with Crippen LogP contribution in [0.15, 0.2) is 16.9 Å². The van der Waals surface area contributed by atoms with Crippen LogP contribution in [0.4, 0.5) is 19.1 Å². The molecule has 9 heteroatoms. The molecule has 3 aromatic rings. The van der Waals surface area contributed by atoms with Gasteiger partial charge in [-0.25, -0.2) is 18.2 Å². The molecular formula is C11H6F3N5O. The van der Waals surface area contributed by atoms with Crippen LogP contribution in [0.3, 0.4) is 0 Å². The lowest BCUT2D eigenvalue weighted by molar-refractivity contribution is 0.448. The van der Waals surface area contributed by atoms with Gasteiger partial charge in [-0.2, -0.15) is 4.98 Å². The van der Waals surface area contributed by atoms with Gasteiger partial charge < -0.3 is 10.7 Å². The molecule has 6 nitrogen and oxygen atoms in total. The minimum Gasteiger partial charge on any atom is -0.369 e. The zero-order valence-corrected chi connectivity index (χ0v) is 9.67. The van der Waals surface area contributed by atoms with E-state index < -0.39 is 23.0 Å². The largest absolute Gasteiger partial charge is 0.369 e. The van der Waals surface area contributed by atoms with Gasteiger partial charge in [-0.1, -0.05) is 0 Å². The summed E-state index contributed by atoms with van der Waals surface area (Å²) in [5.41, 5.74) is 4.33. The third kappa shape index (κ3) is 1.71. The van der Waals surface area contributed by atoms with Gasteiger partial charge in [0, 0.05) is 0 Å². The number of halogens is 3. The second-order valence-electron chi connectivity index (χ2n) is 3.96. The number of anilines is 1. The topological polar surface area (TPSA) is 100 Å².